The van der Waals surface area contributed by atoms with Gasteiger partial charge in [0.1, 0.15) is 0 Å². The molecule has 0 aromatic heterocycles. The summed E-state index contributed by atoms with van der Waals surface area (Å²) in [5.74, 6) is 0.131. The smallest absolute Gasteiger partial charge is 0.211 e. The molecule has 0 spiro atoms. The third-order valence-corrected chi connectivity index (χ3v) is 4.09. The molecule has 0 atom stereocenters. The minimum Gasteiger partial charge on any atom is -0.393 e. The highest BCUT2D eigenvalue weighted by Crippen LogP contribution is 2.08. The van der Waals surface area contributed by atoms with Crippen molar-refractivity contribution in [2.45, 2.75) is 25.9 Å². The minimum atomic E-state index is -3.06. The fraction of sp³-hybridized carbons (Fsp3) is 1.00. The molecule has 0 aliphatic carbocycles. The Bertz CT molecular complexity index is 271. The van der Waals surface area contributed by atoms with E-state index in [2.05, 4.69) is 9.62 Å². The molecule has 2 N–H and O–H groups in total. The van der Waals surface area contributed by atoms with Gasteiger partial charge in [0.2, 0.25) is 10.0 Å². The van der Waals surface area contributed by atoms with Crippen molar-refractivity contribution in [3.8, 4) is 0 Å². The summed E-state index contributed by atoms with van der Waals surface area (Å²) in [6.45, 7) is 4.53. The molecule has 1 saturated heterocycles. The Kier molecular flexibility index (Phi) is 4.98. The van der Waals surface area contributed by atoms with E-state index in [0.717, 1.165) is 32.5 Å². The highest BCUT2D eigenvalue weighted by Gasteiger charge is 2.16. The Morgan fingerprint density at radius 3 is 2.53 bits per heavy atom. The lowest BCUT2D eigenvalue weighted by molar-refractivity contribution is 0.0837. The molecule has 1 rings (SSSR count). The molecule has 90 valence electrons. The van der Waals surface area contributed by atoms with Gasteiger partial charge in [-0.2, -0.15) is 0 Å². The van der Waals surface area contributed by atoms with Gasteiger partial charge in [0.15, 0.2) is 0 Å². The maximum absolute atomic E-state index is 11.1. The van der Waals surface area contributed by atoms with Crippen molar-refractivity contribution in [2.24, 2.45) is 0 Å². The van der Waals surface area contributed by atoms with Crippen LogP contribution in [0.5, 0.6) is 0 Å². The molecule has 0 saturated carbocycles. The van der Waals surface area contributed by atoms with Crippen molar-refractivity contribution in [3.63, 3.8) is 0 Å². The zero-order valence-corrected chi connectivity index (χ0v) is 9.96. The van der Waals surface area contributed by atoms with Crippen molar-refractivity contribution in [1.29, 1.82) is 0 Å². The van der Waals surface area contributed by atoms with Crippen LogP contribution in [0.25, 0.3) is 0 Å². The summed E-state index contributed by atoms with van der Waals surface area (Å²) in [4.78, 5) is 2.17. The van der Waals surface area contributed by atoms with Gasteiger partial charge in [0, 0.05) is 26.2 Å². The molecule has 15 heavy (non-hydrogen) atoms. The number of piperidine rings is 1. The van der Waals surface area contributed by atoms with E-state index < -0.39 is 10.0 Å². The summed E-state index contributed by atoms with van der Waals surface area (Å²) in [7, 11) is -3.06. The molecule has 1 aliphatic heterocycles. The van der Waals surface area contributed by atoms with Gasteiger partial charge in [0.05, 0.1) is 11.9 Å². The molecule has 0 bridgehead atoms. The van der Waals surface area contributed by atoms with Crippen LogP contribution >= 0.6 is 0 Å². The third kappa shape index (κ3) is 4.92. The molecule has 0 aromatic rings. The molecule has 6 heteroatoms. The first kappa shape index (κ1) is 12.9. The Labute approximate surface area is 91.5 Å². The number of nitrogens with one attached hydrogen (secondary N) is 1. The predicted octanol–water partition coefficient (Wildman–Crippen LogP) is -0.618. The van der Waals surface area contributed by atoms with Gasteiger partial charge < -0.3 is 10.0 Å². The van der Waals surface area contributed by atoms with Crippen molar-refractivity contribution in [1.82, 2.24) is 9.62 Å². The van der Waals surface area contributed by atoms with Gasteiger partial charge >= 0.3 is 0 Å². The lowest BCUT2D eigenvalue weighted by Crippen LogP contribution is -2.41. The van der Waals surface area contributed by atoms with Gasteiger partial charge in [-0.15, -0.1) is 0 Å². The van der Waals surface area contributed by atoms with Crippen molar-refractivity contribution >= 4 is 10.0 Å². The van der Waals surface area contributed by atoms with Crippen molar-refractivity contribution in [2.75, 3.05) is 31.9 Å². The van der Waals surface area contributed by atoms with E-state index in [1.165, 1.54) is 0 Å². The molecule has 0 aromatic carbocycles. The maximum Gasteiger partial charge on any atom is 0.211 e. The lowest BCUT2D eigenvalue weighted by atomic mass is 10.1. The Balaban J connectivity index is 2.16. The maximum atomic E-state index is 11.1. The highest BCUT2D eigenvalue weighted by molar-refractivity contribution is 7.89. The lowest BCUT2D eigenvalue weighted by Gasteiger charge is -2.29. The standard InChI is InChI=1S/C9H20N2O3S/c1-2-15(13,14)10-5-8-11-6-3-9(12)4-7-11/h9-10,12H,2-8H2,1H3. The molecule has 1 aliphatic rings. The normalized spacial score (nSPS) is 20.7. The van der Waals surface area contributed by atoms with Crippen LogP contribution in [0.2, 0.25) is 0 Å². The van der Waals surface area contributed by atoms with Gasteiger partial charge in [-0.05, 0) is 19.8 Å². The van der Waals surface area contributed by atoms with E-state index in [0.29, 0.717) is 6.54 Å². The monoisotopic (exact) mass is 236 g/mol. The second-order valence-electron chi connectivity index (χ2n) is 3.87. The fourth-order valence-electron chi connectivity index (χ4n) is 1.60. The van der Waals surface area contributed by atoms with Crippen LogP contribution in [-0.4, -0.2) is 56.5 Å². The summed E-state index contributed by atoms with van der Waals surface area (Å²) in [5.41, 5.74) is 0. The molecule has 0 unspecified atom stereocenters. The molecule has 5 nitrogen and oxygen atoms in total. The average Bonchev–Trinajstić information content (AvgIpc) is 2.21. The second-order valence-corrected chi connectivity index (χ2v) is 5.97. The van der Waals surface area contributed by atoms with E-state index in [-0.39, 0.29) is 11.9 Å². The number of aliphatic hydroxyl groups excluding tert-OH is 1. The van der Waals surface area contributed by atoms with Gasteiger partial charge in [-0.1, -0.05) is 0 Å². The van der Waals surface area contributed by atoms with Gasteiger partial charge in [-0.3, -0.25) is 0 Å². The topological polar surface area (TPSA) is 69.6 Å². The first-order chi connectivity index (χ1) is 7.03. The van der Waals surface area contributed by atoms with Crippen LogP contribution in [0.15, 0.2) is 0 Å². The number of aliphatic hydroxyl groups is 1. The highest BCUT2D eigenvalue weighted by atomic mass is 32.2. The Morgan fingerprint density at radius 2 is 2.00 bits per heavy atom. The number of sulfonamides is 1. The first-order valence-electron chi connectivity index (χ1n) is 5.41. The molecular weight excluding hydrogens is 216 g/mol. The average molecular weight is 236 g/mol. The SMILES string of the molecule is CCS(=O)(=O)NCCN1CCC(O)CC1. The van der Waals surface area contributed by atoms with Crippen LogP contribution in [0.1, 0.15) is 19.8 Å². The van der Waals surface area contributed by atoms with Crippen LogP contribution in [0.3, 0.4) is 0 Å². The molecular formula is C9H20N2O3S. The summed E-state index contributed by atoms with van der Waals surface area (Å²) in [6, 6.07) is 0. The van der Waals surface area contributed by atoms with Crippen LogP contribution in [0, 0.1) is 0 Å². The van der Waals surface area contributed by atoms with E-state index >= 15 is 0 Å². The van der Waals surface area contributed by atoms with E-state index in [1.807, 2.05) is 0 Å². The van der Waals surface area contributed by atoms with Crippen molar-refractivity contribution < 1.29 is 13.5 Å². The Morgan fingerprint density at radius 1 is 1.40 bits per heavy atom. The van der Waals surface area contributed by atoms with Gasteiger partial charge in [0.25, 0.3) is 0 Å². The number of rotatable bonds is 5. The van der Waals surface area contributed by atoms with E-state index in [4.69, 9.17) is 0 Å². The summed E-state index contributed by atoms with van der Waals surface area (Å²) >= 11 is 0. The zero-order valence-electron chi connectivity index (χ0n) is 9.15. The molecule has 1 heterocycles. The van der Waals surface area contributed by atoms with Gasteiger partial charge in [-0.25, -0.2) is 13.1 Å². The summed E-state index contributed by atoms with van der Waals surface area (Å²) in [6.07, 6.45) is 1.41. The predicted molar refractivity (Wildman–Crippen MR) is 59.1 cm³/mol. The van der Waals surface area contributed by atoms with Crippen LogP contribution < -0.4 is 4.72 Å². The summed E-state index contributed by atoms with van der Waals surface area (Å²) in [5, 5.41) is 9.28. The summed E-state index contributed by atoms with van der Waals surface area (Å²) < 4.78 is 24.8. The fourth-order valence-corrected chi connectivity index (χ4v) is 2.21. The Hall–Kier alpha value is -0.170. The number of likely N-dealkylation sites (tertiary alicyclic amines) is 1. The number of hydrogen-bond donors (Lipinski definition) is 2. The number of nitrogens with zero attached hydrogens (tertiary/aromatic N) is 1. The quantitative estimate of drug-likeness (QED) is 0.667. The largest absolute Gasteiger partial charge is 0.393 e. The first-order valence-corrected chi connectivity index (χ1v) is 7.06. The second kappa shape index (κ2) is 5.79. The number of hydrogen-bond acceptors (Lipinski definition) is 4. The minimum absolute atomic E-state index is 0.131. The molecule has 0 radical (unpaired) electrons. The van der Waals surface area contributed by atoms with E-state index in [1.54, 1.807) is 6.92 Å². The van der Waals surface area contributed by atoms with E-state index in [9.17, 15) is 13.5 Å². The van der Waals surface area contributed by atoms with Crippen LogP contribution in [0.4, 0.5) is 0 Å². The molecule has 0 amide bonds. The van der Waals surface area contributed by atoms with Crippen LogP contribution in [-0.2, 0) is 10.0 Å². The van der Waals surface area contributed by atoms with Crippen molar-refractivity contribution in [3.05, 3.63) is 0 Å². The molecule has 1 fully saturated rings. The third-order valence-electron chi connectivity index (χ3n) is 2.69. The zero-order chi connectivity index (χ0) is 11.3.